The van der Waals surface area contributed by atoms with E-state index in [9.17, 15) is 9.59 Å². The first-order valence-electron chi connectivity index (χ1n) is 4.79. The van der Waals surface area contributed by atoms with Gasteiger partial charge in [-0.3, -0.25) is 0 Å². The molecular weight excluding hydrogens is 188 g/mol. The summed E-state index contributed by atoms with van der Waals surface area (Å²) >= 11 is 0. The molecule has 0 aromatic rings. The Hall–Kier alpha value is -1.26. The van der Waals surface area contributed by atoms with Crippen molar-refractivity contribution in [3.05, 3.63) is 0 Å². The second-order valence-corrected chi connectivity index (χ2v) is 3.51. The van der Waals surface area contributed by atoms with Crippen LogP contribution in [0.25, 0.3) is 0 Å². The number of ether oxygens (including phenoxy) is 3. The largest absolute Gasteiger partial charge is 0.509 e. The number of hydrogen-bond acceptors (Lipinski definition) is 5. The quantitative estimate of drug-likeness (QED) is 0.622. The first kappa shape index (κ1) is 9.30. The van der Waals surface area contributed by atoms with E-state index in [1.54, 1.807) is 0 Å². The molecule has 1 saturated heterocycles. The van der Waals surface area contributed by atoms with Crippen LogP contribution in [0, 0.1) is 0 Å². The maximum absolute atomic E-state index is 11.4. The van der Waals surface area contributed by atoms with Gasteiger partial charge in [-0.15, -0.1) is 0 Å². The van der Waals surface area contributed by atoms with Crippen molar-refractivity contribution in [1.29, 1.82) is 0 Å². The standard InChI is InChI=1S/C9H12O5/c10-8(7-5-12-9(11)14-7)13-6-3-1-2-4-6/h6-7H,1-5H2. The molecule has 0 spiro atoms. The lowest BCUT2D eigenvalue weighted by Gasteiger charge is -2.12. The minimum atomic E-state index is -0.858. The fourth-order valence-electron chi connectivity index (χ4n) is 1.69. The van der Waals surface area contributed by atoms with E-state index in [1.165, 1.54) is 0 Å². The predicted octanol–water partition coefficient (Wildman–Crippen LogP) is 1.01. The lowest BCUT2D eigenvalue weighted by molar-refractivity contribution is -0.157. The molecule has 1 atom stereocenters. The maximum atomic E-state index is 11.4. The van der Waals surface area contributed by atoms with Crippen LogP contribution in [0.4, 0.5) is 4.79 Å². The molecule has 0 amide bonds. The highest BCUT2D eigenvalue weighted by molar-refractivity contribution is 5.79. The molecular formula is C9H12O5. The third kappa shape index (κ3) is 1.97. The second kappa shape index (κ2) is 3.86. The van der Waals surface area contributed by atoms with Crippen molar-refractivity contribution < 1.29 is 23.8 Å². The van der Waals surface area contributed by atoms with Gasteiger partial charge in [-0.05, 0) is 25.7 Å². The molecule has 1 unspecified atom stereocenters. The number of cyclic esters (lactones) is 2. The van der Waals surface area contributed by atoms with Crippen LogP contribution in [0.15, 0.2) is 0 Å². The van der Waals surface area contributed by atoms with E-state index in [0.717, 1.165) is 25.7 Å². The van der Waals surface area contributed by atoms with Crippen molar-refractivity contribution in [2.24, 2.45) is 0 Å². The van der Waals surface area contributed by atoms with E-state index in [1.807, 2.05) is 0 Å². The molecule has 1 saturated carbocycles. The van der Waals surface area contributed by atoms with E-state index >= 15 is 0 Å². The number of esters is 1. The SMILES string of the molecule is O=C1OCC(C(=O)OC2CCCC2)O1. The summed E-state index contributed by atoms with van der Waals surface area (Å²) in [5.74, 6) is -0.484. The van der Waals surface area contributed by atoms with Crippen molar-refractivity contribution in [2.45, 2.75) is 37.9 Å². The van der Waals surface area contributed by atoms with Crippen LogP contribution in [0.1, 0.15) is 25.7 Å². The molecule has 14 heavy (non-hydrogen) atoms. The lowest BCUT2D eigenvalue weighted by atomic mass is 10.3. The minimum absolute atomic E-state index is 0.00167. The zero-order valence-electron chi connectivity index (χ0n) is 7.73. The van der Waals surface area contributed by atoms with Crippen LogP contribution in [-0.4, -0.2) is 30.9 Å². The highest BCUT2D eigenvalue weighted by Gasteiger charge is 2.34. The molecule has 0 bridgehead atoms. The maximum Gasteiger partial charge on any atom is 0.509 e. The van der Waals surface area contributed by atoms with Crippen molar-refractivity contribution in [3.63, 3.8) is 0 Å². The fraction of sp³-hybridized carbons (Fsp3) is 0.778. The molecule has 1 aliphatic heterocycles. The molecule has 1 heterocycles. The van der Waals surface area contributed by atoms with Gasteiger partial charge in [0, 0.05) is 0 Å². The van der Waals surface area contributed by atoms with Crippen LogP contribution >= 0.6 is 0 Å². The molecule has 5 heteroatoms. The van der Waals surface area contributed by atoms with Gasteiger partial charge in [0.1, 0.15) is 12.7 Å². The zero-order valence-corrected chi connectivity index (χ0v) is 7.73. The van der Waals surface area contributed by atoms with Crippen molar-refractivity contribution >= 4 is 12.1 Å². The average molecular weight is 200 g/mol. The average Bonchev–Trinajstić information content (AvgIpc) is 2.75. The monoisotopic (exact) mass is 200 g/mol. The summed E-state index contributed by atoms with van der Waals surface area (Å²) in [5.41, 5.74) is 0. The Bertz CT molecular complexity index is 244. The molecule has 0 aromatic heterocycles. The molecule has 2 aliphatic rings. The zero-order chi connectivity index (χ0) is 9.97. The summed E-state index contributed by atoms with van der Waals surface area (Å²) in [7, 11) is 0. The van der Waals surface area contributed by atoms with Gasteiger partial charge in [-0.1, -0.05) is 0 Å². The van der Waals surface area contributed by atoms with Crippen LogP contribution in [-0.2, 0) is 19.0 Å². The Morgan fingerprint density at radius 1 is 1.36 bits per heavy atom. The summed E-state index contributed by atoms with van der Waals surface area (Å²) in [6, 6.07) is 0. The van der Waals surface area contributed by atoms with E-state index < -0.39 is 18.2 Å². The first-order chi connectivity index (χ1) is 6.75. The number of rotatable bonds is 2. The Kier molecular flexibility index (Phi) is 2.56. The number of carbonyl (C=O) groups is 2. The van der Waals surface area contributed by atoms with Crippen LogP contribution in [0.3, 0.4) is 0 Å². The van der Waals surface area contributed by atoms with Crippen molar-refractivity contribution in [2.75, 3.05) is 6.61 Å². The summed E-state index contributed by atoms with van der Waals surface area (Å²) in [6.45, 7) is -0.0234. The van der Waals surface area contributed by atoms with Gasteiger partial charge in [0.05, 0.1) is 0 Å². The van der Waals surface area contributed by atoms with E-state index in [2.05, 4.69) is 9.47 Å². The molecule has 0 aromatic carbocycles. The van der Waals surface area contributed by atoms with E-state index in [4.69, 9.17) is 4.74 Å². The van der Waals surface area contributed by atoms with Crippen molar-refractivity contribution in [3.8, 4) is 0 Å². The van der Waals surface area contributed by atoms with Crippen molar-refractivity contribution in [1.82, 2.24) is 0 Å². The lowest BCUT2D eigenvalue weighted by Crippen LogP contribution is -2.28. The number of carbonyl (C=O) groups excluding carboxylic acids is 2. The third-order valence-electron chi connectivity index (χ3n) is 2.44. The normalized spacial score (nSPS) is 27.1. The van der Waals surface area contributed by atoms with Gasteiger partial charge >= 0.3 is 12.1 Å². The Balaban J connectivity index is 1.80. The fourth-order valence-corrected chi connectivity index (χ4v) is 1.69. The van der Waals surface area contributed by atoms with Gasteiger partial charge in [-0.25, -0.2) is 9.59 Å². The van der Waals surface area contributed by atoms with Gasteiger partial charge < -0.3 is 14.2 Å². The summed E-state index contributed by atoms with van der Waals surface area (Å²) in [5, 5.41) is 0. The van der Waals surface area contributed by atoms with Gasteiger partial charge in [0.25, 0.3) is 0 Å². The van der Waals surface area contributed by atoms with Crippen LogP contribution < -0.4 is 0 Å². The topological polar surface area (TPSA) is 61.8 Å². The Labute approximate surface area is 81.3 Å². The molecule has 0 radical (unpaired) electrons. The first-order valence-corrected chi connectivity index (χ1v) is 4.79. The molecule has 78 valence electrons. The van der Waals surface area contributed by atoms with E-state index in [0.29, 0.717) is 0 Å². The van der Waals surface area contributed by atoms with Gasteiger partial charge in [0.15, 0.2) is 0 Å². The Morgan fingerprint density at radius 3 is 2.64 bits per heavy atom. The van der Waals surface area contributed by atoms with Gasteiger partial charge in [0.2, 0.25) is 6.10 Å². The molecule has 2 rings (SSSR count). The summed E-state index contributed by atoms with van der Waals surface area (Å²) in [4.78, 5) is 21.9. The van der Waals surface area contributed by atoms with E-state index in [-0.39, 0.29) is 12.7 Å². The third-order valence-corrected chi connectivity index (χ3v) is 2.44. The summed E-state index contributed by atoms with van der Waals surface area (Å²) in [6.07, 6.45) is 2.36. The Morgan fingerprint density at radius 2 is 2.07 bits per heavy atom. The molecule has 5 nitrogen and oxygen atoms in total. The second-order valence-electron chi connectivity index (χ2n) is 3.51. The van der Waals surface area contributed by atoms with Crippen LogP contribution in [0.5, 0.6) is 0 Å². The minimum Gasteiger partial charge on any atom is -0.460 e. The predicted molar refractivity (Wildman–Crippen MR) is 44.6 cm³/mol. The van der Waals surface area contributed by atoms with Gasteiger partial charge in [-0.2, -0.15) is 0 Å². The molecule has 0 N–H and O–H groups in total. The highest BCUT2D eigenvalue weighted by Crippen LogP contribution is 2.22. The highest BCUT2D eigenvalue weighted by atomic mass is 16.8. The smallest absolute Gasteiger partial charge is 0.460 e. The summed E-state index contributed by atoms with van der Waals surface area (Å²) < 4.78 is 14.2. The molecule has 2 fully saturated rings. The number of hydrogen-bond donors (Lipinski definition) is 0. The molecule has 1 aliphatic carbocycles. The van der Waals surface area contributed by atoms with Crippen LogP contribution in [0.2, 0.25) is 0 Å².